The Balaban J connectivity index is 1.81. The van der Waals surface area contributed by atoms with Crippen molar-refractivity contribution in [1.82, 2.24) is 5.32 Å². The van der Waals surface area contributed by atoms with Gasteiger partial charge in [-0.25, -0.2) is 0 Å². The van der Waals surface area contributed by atoms with Gasteiger partial charge in [-0.05, 0) is 25.5 Å². The van der Waals surface area contributed by atoms with Gasteiger partial charge in [-0.15, -0.1) is 0 Å². The highest BCUT2D eigenvalue weighted by Gasteiger charge is 2.18. The fourth-order valence-electron chi connectivity index (χ4n) is 1.74. The van der Waals surface area contributed by atoms with Crippen LogP contribution in [0, 0.1) is 6.92 Å². The number of hydrogen-bond donors (Lipinski definition) is 1. The zero-order valence-electron chi connectivity index (χ0n) is 9.90. The Hall–Kier alpha value is -1.06. The smallest absolute Gasteiger partial charge is 0.122 e. The Labute approximate surface area is 96.8 Å². The zero-order valence-corrected chi connectivity index (χ0v) is 9.90. The predicted octanol–water partition coefficient (Wildman–Crippen LogP) is 1.75. The predicted molar refractivity (Wildman–Crippen MR) is 63.9 cm³/mol. The lowest BCUT2D eigenvalue weighted by Crippen LogP contribution is -2.46. The molecular formula is C13H19NO2. The topological polar surface area (TPSA) is 30.5 Å². The van der Waals surface area contributed by atoms with Gasteiger partial charge in [-0.2, -0.15) is 0 Å². The maximum absolute atomic E-state index is 5.75. The average Bonchev–Trinajstić information content (AvgIpc) is 2.30. The summed E-state index contributed by atoms with van der Waals surface area (Å²) in [5, 5.41) is 3.38. The van der Waals surface area contributed by atoms with Crippen molar-refractivity contribution < 1.29 is 9.47 Å². The molecule has 1 heterocycles. The molecule has 1 saturated heterocycles. The van der Waals surface area contributed by atoms with E-state index in [1.54, 1.807) is 0 Å². The Kier molecular flexibility index (Phi) is 3.80. The molecule has 0 bridgehead atoms. The first kappa shape index (κ1) is 11.4. The fraction of sp³-hybridized carbons (Fsp3) is 0.538. The Bertz CT molecular complexity index is 332. The molecule has 2 rings (SSSR count). The second-order valence-corrected chi connectivity index (χ2v) is 4.34. The molecule has 0 amide bonds. The summed E-state index contributed by atoms with van der Waals surface area (Å²) < 4.78 is 11.4. The fourth-order valence-corrected chi connectivity index (χ4v) is 1.74. The second kappa shape index (κ2) is 5.32. The summed E-state index contributed by atoms with van der Waals surface area (Å²) in [6.45, 7) is 6.43. The van der Waals surface area contributed by atoms with Crippen LogP contribution in [0.2, 0.25) is 0 Å². The van der Waals surface area contributed by atoms with Gasteiger partial charge < -0.3 is 14.8 Å². The molecule has 16 heavy (non-hydrogen) atoms. The summed E-state index contributed by atoms with van der Waals surface area (Å²) in [6, 6.07) is 8.51. The van der Waals surface area contributed by atoms with E-state index in [4.69, 9.17) is 9.47 Å². The lowest BCUT2D eigenvalue weighted by molar-refractivity contribution is -0.0166. The molecule has 0 aliphatic carbocycles. The maximum atomic E-state index is 5.75. The number of hydrogen-bond acceptors (Lipinski definition) is 3. The van der Waals surface area contributed by atoms with E-state index < -0.39 is 0 Å². The molecule has 1 aliphatic rings. The van der Waals surface area contributed by atoms with Crippen molar-refractivity contribution >= 4 is 0 Å². The lowest BCUT2D eigenvalue weighted by atomic mass is 10.2. The van der Waals surface area contributed by atoms with Crippen molar-refractivity contribution in [3.8, 4) is 5.75 Å². The van der Waals surface area contributed by atoms with Crippen molar-refractivity contribution in [3.63, 3.8) is 0 Å². The summed E-state index contributed by atoms with van der Waals surface area (Å²) in [4.78, 5) is 0. The van der Waals surface area contributed by atoms with Crippen LogP contribution in [-0.2, 0) is 4.74 Å². The third-order valence-corrected chi connectivity index (χ3v) is 2.79. The first-order valence-electron chi connectivity index (χ1n) is 5.79. The Morgan fingerprint density at radius 2 is 2.25 bits per heavy atom. The Morgan fingerprint density at radius 3 is 2.94 bits per heavy atom. The molecular weight excluding hydrogens is 202 g/mol. The molecule has 3 nitrogen and oxygen atoms in total. The minimum absolute atomic E-state index is 0.163. The van der Waals surface area contributed by atoms with E-state index in [0.29, 0.717) is 12.6 Å². The molecule has 1 aliphatic heterocycles. The molecule has 1 fully saturated rings. The van der Waals surface area contributed by atoms with Crippen molar-refractivity contribution in [1.29, 1.82) is 0 Å². The van der Waals surface area contributed by atoms with Gasteiger partial charge in [0.25, 0.3) is 0 Å². The number of para-hydroxylation sites is 1. The van der Waals surface area contributed by atoms with Crippen LogP contribution in [0.4, 0.5) is 0 Å². The van der Waals surface area contributed by atoms with Crippen LogP contribution < -0.4 is 10.1 Å². The minimum atomic E-state index is 0.163. The van der Waals surface area contributed by atoms with Crippen LogP contribution in [0.25, 0.3) is 0 Å². The summed E-state index contributed by atoms with van der Waals surface area (Å²) in [7, 11) is 0. The number of nitrogens with one attached hydrogen (secondary N) is 1. The highest BCUT2D eigenvalue weighted by Crippen LogP contribution is 2.16. The standard InChI is InChI=1S/C13H19NO2/c1-10-5-3-4-6-13(10)16-9-12-7-14-11(2)8-15-12/h3-6,11-12,14H,7-9H2,1-2H3. The van der Waals surface area contributed by atoms with Gasteiger partial charge in [0.05, 0.1) is 6.61 Å². The lowest BCUT2D eigenvalue weighted by Gasteiger charge is -2.28. The van der Waals surface area contributed by atoms with Gasteiger partial charge in [0.15, 0.2) is 0 Å². The second-order valence-electron chi connectivity index (χ2n) is 4.34. The van der Waals surface area contributed by atoms with Crippen LogP contribution in [-0.4, -0.2) is 31.9 Å². The van der Waals surface area contributed by atoms with Crippen LogP contribution in [0.15, 0.2) is 24.3 Å². The summed E-state index contributed by atoms with van der Waals surface area (Å²) in [5.74, 6) is 0.949. The highest BCUT2D eigenvalue weighted by atomic mass is 16.5. The molecule has 1 N–H and O–H groups in total. The highest BCUT2D eigenvalue weighted by molar-refractivity contribution is 5.31. The molecule has 2 atom stereocenters. The molecule has 1 aromatic rings. The Morgan fingerprint density at radius 1 is 1.44 bits per heavy atom. The molecule has 2 unspecified atom stereocenters. The minimum Gasteiger partial charge on any atom is -0.491 e. The molecule has 88 valence electrons. The van der Waals surface area contributed by atoms with Crippen LogP contribution in [0.3, 0.4) is 0 Å². The van der Waals surface area contributed by atoms with Gasteiger partial charge in [-0.1, -0.05) is 18.2 Å². The summed E-state index contributed by atoms with van der Waals surface area (Å²) in [5.41, 5.74) is 1.17. The van der Waals surface area contributed by atoms with Gasteiger partial charge in [0.2, 0.25) is 0 Å². The molecule has 1 aromatic carbocycles. The van der Waals surface area contributed by atoms with Gasteiger partial charge in [-0.3, -0.25) is 0 Å². The number of ether oxygens (including phenoxy) is 2. The normalized spacial score (nSPS) is 25.4. The third kappa shape index (κ3) is 2.97. The maximum Gasteiger partial charge on any atom is 0.122 e. The van der Waals surface area contributed by atoms with Gasteiger partial charge in [0.1, 0.15) is 18.5 Å². The van der Waals surface area contributed by atoms with Crippen LogP contribution >= 0.6 is 0 Å². The van der Waals surface area contributed by atoms with Crippen LogP contribution in [0.5, 0.6) is 5.75 Å². The van der Waals surface area contributed by atoms with Crippen molar-refractivity contribution in [2.75, 3.05) is 19.8 Å². The molecule has 0 spiro atoms. The summed E-state index contributed by atoms with van der Waals surface area (Å²) in [6.07, 6.45) is 0.163. The van der Waals surface area contributed by atoms with Crippen molar-refractivity contribution in [2.24, 2.45) is 0 Å². The van der Waals surface area contributed by atoms with E-state index >= 15 is 0 Å². The number of aryl methyl sites for hydroxylation is 1. The first-order chi connectivity index (χ1) is 7.75. The van der Waals surface area contributed by atoms with E-state index in [1.165, 1.54) is 5.56 Å². The monoisotopic (exact) mass is 221 g/mol. The van der Waals surface area contributed by atoms with Crippen molar-refractivity contribution in [2.45, 2.75) is 26.0 Å². The summed E-state index contributed by atoms with van der Waals surface area (Å²) >= 11 is 0. The number of morpholine rings is 1. The number of benzene rings is 1. The quantitative estimate of drug-likeness (QED) is 0.843. The van der Waals surface area contributed by atoms with Gasteiger partial charge >= 0.3 is 0 Å². The van der Waals surface area contributed by atoms with Gasteiger partial charge in [0, 0.05) is 12.6 Å². The van der Waals surface area contributed by atoms with E-state index in [2.05, 4.69) is 25.2 Å². The molecule has 0 saturated carbocycles. The van der Waals surface area contributed by atoms with E-state index in [1.807, 2.05) is 18.2 Å². The molecule has 0 radical (unpaired) electrons. The van der Waals surface area contributed by atoms with E-state index in [0.717, 1.165) is 18.9 Å². The van der Waals surface area contributed by atoms with Crippen molar-refractivity contribution in [3.05, 3.63) is 29.8 Å². The first-order valence-corrected chi connectivity index (χ1v) is 5.79. The van der Waals surface area contributed by atoms with E-state index in [9.17, 15) is 0 Å². The third-order valence-electron chi connectivity index (χ3n) is 2.79. The SMILES string of the molecule is Cc1ccccc1OCC1CNC(C)CO1. The zero-order chi connectivity index (χ0) is 11.4. The van der Waals surface area contributed by atoms with Crippen LogP contribution in [0.1, 0.15) is 12.5 Å². The number of rotatable bonds is 3. The van der Waals surface area contributed by atoms with E-state index in [-0.39, 0.29) is 6.10 Å². The average molecular weight is 221 g/mol. The molecule has 3 heteroatoms. The molecule has 0 aromatic heterocycles. The largest absolute Gasteiger partial charge is 0.491 e.